The molecule has 0 saturated heterocycles. The van der Waals surface area contributed by atoms with Crippen LogP contribution in [-0.2, 0) is 19.1 Å². The van der Waals surface area contributed by atoms with E-state index in [4.69, 9.17) is 0 Å². The molecular weight excluding hydrogens is 232 g/mol. The highest BCUT2D eigenvalue weighted by atomic mass is 16.5. The van der Waals surface area contributed by atoms with Crippen molar-refractivity contribution in [3.05, 3.63) is 0 Å². The molecule has 0 bridgehead atoms. The number of carbonyl (C=O) groups excluding carboxylic acids is 3. The van der Waals surface area contributed by atoms with Crippen molar-refractivity contribution in [2.24, 2.45) is 0 Å². The van der Waals surface area contributed by atoms with Gasteiger partial charge in [-0.1, -0.05) is 38.5 Å². The molecule has 0 aromatic rings. The van der Waals surface area contributed by atoms with Gasteiger partial charge in [-0.3, -0.25) is 9.59 Å². The fourth-order valence-corrected chi connectivity index (χ4v) is 1.76. The van der Waals surface area contributed by atoms with Gasteiger partial charge in [0.2, 0.25) is 0 Å². The summed E-state index contributed by atoms with van der Waals surface area (Å²) in [5, 5.41) is 0. The third-order valence-corrected chi connectivity index (χ3v) is 2.77. The average Bonchev–Trinajstić information content (AvgIpc) is 2.38. The quantitative estimate of drug-likeness (QED) is 0.289. The van der Waals surface area contributed by atoms with Crippen LogP contribution in [0.3, 0.4) is 0 Å². The third-order valence-electron chi connectivity index (χ3n) is 2.77. The summed E-state index contributed by atoms with van der Waals surface area (Å²) < 4.78 is 4.64. The van der Waals surface area contributed by atoms with Gasteiger partial charge in [0, 0.05) is 12.8 Å². The molecule has 0 spiro atoms. The van der Waals surface area contributed by atoms with Gasteiger partial charge in [0.1, 0.15) is 12.9 Å². The summed E-state index contributed by atoms with van der Waals surface area (Å²) in [6.45, 7) is -0.125. The van der Waals surface area contributed by atoms with E-state index in [2.05, 4.69) is 4.74 Å². The standard InChI is InChI=1S/C14H24O4/c15-11-9-7-5-3-1-2-4-6-8-10-14(17)18-13-12-16/h11-12H,1-10,13H2. The second-order valence-corrected chi connectivity index (χ2v) is 4.38. The molecule has 0 atom stereocenters. The third kappa shape index (κ3) is 12.9. The summed E-state index contributed by atoms with van der Waals surface area (Å²) >= 11 is 0. The lowest BCUT2D eigenvalue weighted by molar-refractivity contribution is -0.145. The predicted octanol–water partition coefficient (Wildman–Crippen LogP) is 2.83. The highest BCUT2D eigenvalue weighted by Crippen LogP contribution is 2.10. The van der Waals surface area contributed by atoms with Crippen LogP contribution in [-0.4, -0.2) is 25.1 Å². The molecule has 0 aliphatic heterocycles. The summed E-state index contributed by atoms with van der Waals surface area (Å²) in [7, 11) is 0. The van der Waals surface area contributed by atoms with Crippen LogP contribution in [0.2, 0.25) is 0 Å². The second-order valence-electron chi connectivity index (χ2n) is 4.38. The van der Waals surface area contributed by atoms with Crippen LogP contribution in [0.4, 0.5) is 0 Å². The van der Waals surface area contributed by atoms with Crippen molar-refractivity contribution in [1.29, 1.82) is 0 Å². The lowest BCUT2D eigenvalue weighted by Gasteiger charge is -2.02. The molecule has 0 aromatic heterocycles. The van der Waals surface area contributed by atoms with Gasteiger partial charge in [-0.2, -0.15) is 0 Å². The largest absolute Gasteiger partial charge is 0.458 e. The maximum absolute atomic E-state index is 11.0. The molecule has 0 amide bonds. The fourth-order valence-electron chi connectivity index (χ4n) is 1.76. The Labute approximate surface area is 109 Å². The minimum Gasteiger partial charge on any atom is -0.458 e. The predicted molar refractivity (Wildman–Crippen MR) is 69.3 cm³/mol. The Balaban J connectivity index is 3.08. The average molecular weight is 256 g/mol. The summed E-state index contributed by atoms with van der Waals surface area (Å²) in [5.41, 5.74) is 0. The molecule has 0 unspecified atom stereocenters. The molecule has 0 fully saturated rings. The first-order valence-electron chi connectivity index (χ1n) is 6.84. The van der Waals surface area contributed by atoms with Gasteiger partial charge in [-0.25, -0.2) is 0 Å². The first-order chi connectivity index (χ1) is 8.81. The number of aldehydes is 2. The molecular formula is C14H24O4. The summed E-state index contributed by atoms with van der Waals surface area (Å²) in [6.07, 6.45) is 11.4. The van der Waals surface area contributed by atoms with E-state index in [1.54, 1.807) is 0 Å². The molecule has 4 nitrogen and oxygen atoms in total. The van der Waals surface area contributed by atoms with E-state index in [0.717, 1.165) is 38.4 Å². The Bertz CT molecular complexity index is 226. The molecule has 0 rings (SSSR count). The Morgan fingerprint density at radius 1 is 0.778 bits per heavy atom. The van der Waals surface area contributed by atoms with Crippen LogP contribution in [0.25, 0.3) is 0 Å². The van der Waals surface area contributed by atoms with Gasteiger partial charge in [0.05, 0.1) is 0 Å². The van der Waals surface area contributed by atoms with E-state index < -0.39 is 0 Å². The lowest BCUT2D eigenvalue weighted by Crippen LogP contribution is -2.05. The molecule has 0 aromatic carbocycles. The Kier molecular flexibility index (Phi) is 13.0. The zero-order chi connectivity index (χ0) is 13.5. The first kappa shape index (κ1) is 16.8. The van der Waals surface area contributed by atoms with Crippen LogP contribution in [0.15, 0.2) is 0 Å². The number of ether oxygens (including phenoxy) is 1. The van der Waals surface area contributed by atoms with E-state index in [-0.39, 0.29) is 12.6 Å². The van der Waals surface area contributed by atoms with Gasteiger partial charge in [0.25, 0.3) is 0 Å². The maximum Gasteiger partial charge on any atom is 0.306 e. The molecule has 0 radical (unpaired) electrons. The van der Waals surface area contributed by atoms with Crippen molar-refractivity contribution in [3.63, 3.8) is 0 Å². The van der Waals surface area contributed by atoms with E-state index in [1.807, 2.05) is 0 Å². The Hall–Kier alpha value is -1.19. The second kappa shape index (κ2) is 13.9. The van der Waals surface area contributed by atoms with E-state index in [1.165, 1.54) is 19.3 Å². The number of unbranched alkanes of at least 4 members (excludes halogenated alkanes) is 8. The van der Waals surface area contributed by atoms with Crippen molar-refractivity contribution < 1.29 is 19.1 Å². The lowest BCUT2D eigenvalue weighted by atomic mass is 10.1. The van der Waals surface area contributed by atoms with Gasteiger partial charge >= 0.3 is 5.97 Å². The number of esters is 1. The number of hydrogen-bond donors (Lipinski definition) is 0. The molecule has 0 N–H and O–H groups in total. The molecule has 18 heavy (non-hydrogen) atoms. The molecule has 0 saturated carbocycles. The summed E-state index contributed by atoms with van der Waals surface area (Å²) in [5.74, 6) is -0.282. The SMILES string of the molecule is O=CCCCCCCCCCCC(=O)OCC=O. The summed E-state index contributed by atoms with van der Waals surface area (Å²) in [6, 6.07) is 0. The number of hydrogen-bond acceptors (Lipinski definition) is 4. The molecule has 0 heterocycles. The first-order valence-corrected chi connectivity index (χ1v) is 6.84. The Morgan fingerprint density at radius 3 is 1.89 bits per heavy atom. The van der Waals surface area contributed by atoms with Crippen LogP contribution in [0.5, 0.6) is 0 Å². The molecule has 104 valence electrons. The number of rotatable bonds is 13. The minimum absolute atomic E-state index is 0.125. The van der Waals surface area contributed by atoms with E-state index in [9.17, 15) is 14.4 Å². The molecule has 4 heteroatoms. The summed E-state index contributed by atoms with van der Waals surface area (Å²) in [4.78, 5) is 31.1. The van der Waals surface area contributed by atoms with Gasteiger partial charge in [-0.05, 0) is 12.8 Å². The van der Waals surface area contributed by atoms with Crippen molar-refractivity contribution in [2.45, 2.75) is 64.2 Å². The number of carbonyl (C=O) groups is 3. The van der Waals surface area contributed by atoms with Crippen LogP contribution in [0, 0.1) is 0 Å². The van der Waals surface area contributed by atoms with Crippen molar-refractivity contribution in [3.8, 4) is 0 Å². The monoisotopic (exact) mass is 256 g/mol. The fraction of sp³-hybridized carbons (Fsp3) is 0.786. The Morgan fingerprint density at radius 2 is 1.33 bits per heavy atom. The van der Waals surface area contributed by atoms with E-state index >= 15 is 0 Å². The van der Waals surface area contributed by atoms with E-state index in [0.29, 0.717) is 19.1 Å². The maximum atomic E-state index is 11.0. The highest BCUT2D eigenvalue weighted by molar-refractivity contribution is 5.71. The van der Waals surface area contributed by atoms with Crippen LogP contribution >= 0.6 is 0 Å². The van der Waals surface area contributed by atoms with Gasteiger partial charge in [0.15, 0.2) is 6.29 Å². The molecule has 0 aliphatic rings. The van der Waals surface area contributed by atoms with Crippen molar-refractivity contribution in [2.75, 3.05) is 6.61 Å². The zero-order valence-corrected chi connectivity index (χ0v) is 11.1. The minimum atomic E-state index is -0.282. The topological polar surface area (TPSA) is 60.4 Å². The zero-order valence-electron chi connectivity index (χ0n) is 11.1. The van der Waals surface area contributed by atoms with Gasteiger partial charge < -0.3 is 9.53 Å². The van der Waals surface area contributed by atoms with Crippen LogP contribution in [0.1, 0.15) is 64.2 Å². The van der Waals surface area contributed by atoms with Gasteiger partial charge in [-0.15, -0.1) is 0 Å². The smallest absolute Gasteiger partial charge is 0.306 e. The van der Waals surface area contributed by atoms with Crippen molar-refractivity contribution >= 4 is 18.5 Å². The van der Waals surface area contributed by atoms with Crippen molar-refractivity contribution in [1.82, 2.24) is 0 Å². The normalized spacial score (nSPS) is 10.0. The molecule has 0 aliphatic carbocycles. The van der Waals surface area contributed by atoms with Crippen LogP contribution < -0.4 is 0 Å². The highest BCUT2D eigenvalue weighted by Gasteiger charge is 2.01.